The number of carbonyl (C=O) groups is 1. The first-order chi connectivity index (χ1) is 17.2. The van der Waals surface area contributed by atoms with Crippen molar-refractivity contribution in [3.8, 4) is 0 Å². The number of esters is 1. The normalized spacial score (nSPS) is 10.9. The van der Waals surface area contributed by atoms with Gasteiger partial charge in [0.1, 0.15) is 6.61 Å². The van der Waals surface area contributed by atoms with Crippen molar-refractivity contribution < 1.29 is 26.7 Å². The van der Waals surface area contributed by atoms with Crippen LogP contribution in [0.4, 0.5) is 5.69 Å². The van der Waals surface area contributed by atoms with Gasteiger partial charge in [0, 0.05) is 48.3 Å². The molecule has 0 bridgehead atoms. The van der Waals surface area contributed by atoms with Gasteiger partial charge in [-0.25, -0.2) is 8.98 Å². The third-order valence-electron chi connectivity index (χ3n) is 5.48. The number of likely N-dealkylation sites (N-methyl/N-ethyl adjacent to an activating group) is 1. The van der Waals surface area contributed by atoms with E-state index < -0.39 is 10.4 Å². The minimum atomic E-state index is -4.23. The van der Waals surface area contributed by atoms with Gasteiger partial charge in [-0.3, -0.25) is 4.55 Å². The molecular weight excluding hydrogens is 503 g/mol. The van der Waals surface area contributed by atoms with Crippen LogP contribution in [0.15, 0.2) is 24.3 Å². The van der Waals surface area contributed by atoms with Gasteiger partial charge in [-0.1, -0.05) is 78.1 Å². The van der Waals surface area contributed by atoms with Crippen LogP contribution >= 0.6 is 0 Å². The fourth-order valence-electron chi connectivity index (χ4n) is 3.29. The molecule has 0 saturated heterocycles. The molecule has 0 amide bonds. The Hall–Kier alpha value is -0.680. The number of carbonyl (C=O) groups excluding carboxylic acids is 1. The molecule has 1 aromatic rings. The zero-order valence-electron chi connectivity index (χ0n) is 24.0. The smallest absolute Gasteiger partial charge is 0.397 e. The number of hydrogen-bond acceptors (Lipinski definition) is 7. The summed E-state index contributed by atoms with van der Waals surface area (Å²) in [6.45, 7) is 6.59. The second-order valence-electron chi connectivity index (χ2n) is 9.23. The van der Waals surface area contributed by atoms with Crippen molar-refractivity contribution in [1.29, 1.82) is 0 Å². The molecule has 1 aromatic carbocycles. The zero-order chi connectivity index (χ0) is 27.1. The molecule has 1 rings (SSSR count). The van der Waals surface area contributed by atoms with Crippen molar-refractivity contribution in [1.82, 2.24) is 4.90 Å². The maximum absolute atomic E-state index is 11.7. The van der Waals surface area contributed by atoms with E-state index >= 15 is 0 Å². The number of ether oxygens (including phenoxy) is 1. The Morgan fingerprint density at radius 1 is 0.838 bits per heavy atom. The van der Waals surface area contributed by atoms with Crippen LogP contribution in [-0.4, -0.2) is 93.8 Å². The van der Waals surface area contributed by atoms with E-state index in [4.69, 9.17) is 9.29 Å². The second kappa shape index (κ2) is 25.6. The molecule has 211 valence electrons. The summed E-state index contributed by atoms with van der Waals surface area (Å²) < 4.78 is 38.2. The van der Waals surface area contributed by atoms with Crippen LogP contribution in [0.3, 0.4) is 0 Å². The van der Waals surface area contributed by atoms with Gasteiger partial charge in [0.15, 0.2) is 0 Å². The van der Waals surface area contributed by atoms with E-state index in [1.165, 1.54) is 51.4 Å². The monoisotopic (exact) mass is 553 g/mol. The van der Waals surface area contributed by atoms with Gasteiger partial charge >= 0.3 is 16.4 Å². The Kier molecular flexibility index (Phi) is 26.6. The van der Waals surface area contributed by atoms with E-state index in [1.807, 2.05) is 31.1 Å². The summed E-state index contributed by atoms with van der Waals surface area (Å²) in [5.41, 5.74) is 1.64. The van der Waals surface area contributed by atoms with Gasteiger partial charge in [-0.05, 0) is 51.2 Å². The molecule has 2 N–H and O–H groups in total. The molecule has 0 heterocycles. The Morgan fingerprint density at radius 2 is 1.35 bits per heavy atom. The van der Waals surface area contributed by atoms with Gasteiger partial charge in [-0.15, -0.1) is 0 Å². The van der Waals surface area contributed by atoms with Gasteiger partial charge in [0.05, 0.1) is 12.2 Å². The minimum absolute atomic E-state index is 0. The Balaban J connectivity index is 0. The summed E-state index contributed by atoms with van der Waals surface area (Å²) in [5.74, 6) is -0.262. The third-order valence-corrected chi connectivity index (χ3v) is 5.95. The van der Waals surface area contributed by atoms with Crippen LogP contribution in [-0.2, 0) is 19.3 Å². The third kappa shape index (κ3) is 26.7. The fraction of sp³-hybridized carbons (Fsp3) is 0.741. The molecule has 0 aliphatic rings. The Morgan fingerprint density at radius 3 is 1.84 bits per heavy atom. The molecule has 1 radical (unpaired) electrons. The van der Waals surface area contributed by atoms with Crippen LogP contribution in [0, 0.1) is 0 Å². The van der Waals surface area contributed by atoms with Crippen molar-refractivity contribution in [3.05, 3.63) is 29.8 Å². The SMILES string of the molecule is CCCCCCCCCCCCOS(=O)(=O)O.CCCCNc1ccc(C(=O)OCCN(C)C)cc1.[Na]. The van der Waals surface area contributed by atoms with Crippen molar-refractivity contribution in [2.45, 2.75) is 90.9 Å². The average Bonchev–Trinajstić information content (AvgIpc) is 2.82. The Labute approximate surface area is 248 Å². The van der Waals surface area contributed by atoms with E-state index in [0.717, 1.165) is 38.0 Å². The number of nitrogens with zero attached hydrogens (tertiary/aromatic N) is 1. The first-order valence-corrected chi connectivity index (χ1v) is 14.8. The fourth-order valence-corrected chi connectivity index (χ4v) is 3.62. The molecule has 0 atom stereocenters. The number of anilines is 1. The van der Waals surface area contributed by atoms with Crippen molar-refractivity contribution >= 4 is 51.6 Å². The van der Waals surface area contributed by atoms with Gasteiger partial charge < -0.3 is 15.0 Å². The molecule has 0 spiro atoms. The van der Waals surface area contributed by atoms with Crippen LogP contribution in [0.5, 0.6) is 0 Å². The molecule has 37 heavy (non-hydrogen) atoms. The summed E-state index contributed by atoms with van der Waals surface area (Å²) in [6.07, 6.45) is 14.2. The number of hydrogen-bond donors (Lipinski definition) is 2. The molecule has 0 saturated carbocycles. The Bertz CT molecular complexity index is 761. The summed E-state index contributed by atoms with van der Waals surface area (Å²) in [5, 5.41) is 3.31. The number of rotatable bonds is 20. The van der Waals surface area contributed by atoms with E-state index in [1.54, 1.807) is 12.1 Å². The van der Waals surface area contributed by atoms with Gasteiger partial charge in [0.2, 0.25) is 0 Å². The standard InChI is InChI=1S/C15H24N2O2.C12H26O4S.Na/c1-4-5-10-16-14-8-6-13(7-9-14)15(18)19-12-11-17(2)3;1-2-3-4-5-6-7-8-9-10-11-12-16-17(13,14)15;/h6-9,16H,4-5,10-12H2,1-3H3;2-12H2,1H3,(H,13,14,15);. The maximum Gasteiger partial charge on any atom is 0.397 e. The van der Waals surface area contributed by atoms with Gasteiger partial charge in [-0.2, -0.15) is 8.42 Å². The van der Waals surface area contributed by atoms with Gasteiger partial charge in [0.25, 0.3) is 0 Å². The molecule has 0 aromatic heterocycles. The molecule has 0 unspecified atom stereocenters. The molecule has 0 aliphatic carbocycles. The second-order valence-corrected chi connectivity index (χ2v) is 10.3. The molecule has 0 fully saturated rings. The molecule has 8 nitrogen and oxygen atoms in total. The van der Waals surface area contributed by atoms with E-state index in [2.05, 4.69) is 23.3 Å². The van der Waals surface area contributed by atoms with Crippen molar-refractivity contribution in [2.24, 2.45) is 0 Å². The quantitative estimate of drug-likeness (QED) is 0.0882. The van der Waals surface area contributed by atoms with E-state index in [-0.39, 0.29) is 42.1 Å². The summed E-state index contributed by atoms with van der Waals surface area (Å²) in [6, 6.07) is 7.43. The van der Waals surface area contributed by atoms with Crippen LogP contribution in [0.1, 0.15) is 101 Å². The van der Waals surface area contributed by atoms with Crippen molar-refractivity contribution in [3.63, 3.8) is 0 Å². The van der Waals surface area contributed by atoms with Crippen LogP contribution in [0.2, 0.25) is 0 Å². The summed E-state index contributed by atoms with van der Waals surface area (Å²) in [4.78, 5) is 13.7. The van der Waals surface area contributed by atoms with Crippen molar-refractivity contribution in [2.75, 3.05) is 45.7 Å². The maximum atomic E-state index is 11.7. The van der Waals surface area contributed by atoms with E-state index in [9.17, 15) is 13.2 Å². The number of benzene rings is 1. The van der Waals surface area contributed by atoms with Crippen LogP contribution in [0.25, 0.3) is 0 Å². The molecular formula is C27H50N2NaO6S. The topological polar surface area (TPSA) is 105 Å². The zero-order valence-corrected chi connectivity index (χ0v) is 26.8. The molecule has 0 aliphatic heterocycles. The largest absolute Gasteiger partial charge is 0.461 e. The molecule has 10 heteroatoms. The summed E-state index contributed by atoms with van der Waals surface area (Å²) >= 11 is 0. The number of nitrogens with one attached hydrogen (secondary N) is 1. The first-order valence-electron chi connectivity index (χ1n) is 13.5. The predicted molar refractivity (Wildman–Crippen MR) is 154 cm³/mol. The summed E-state index contributed by atoms with van der Waals surface area (Å²) in [7, 11) is -0.336. The first kappa shape index (κ1) is 38.5. The van der Waals surface area contributed by atoms with E-state index in [0.29, 0.717) is 18.6 Å². The average molecular weight is 554 g/mol. The predicted octanol–water partition coefficient (Wildman–Crippen LogP) is 5.96. The van der Waals surface area contributed by atoms with Crippen LogP contribution < -0.4 is 5.32 Å². The minimum Gasteiger partial charge on any atom is -0.461 e. The number of unbranched alkanes of at least 4 members (excludes halogenated alkanes) is 10.